The number of ether oxygens (including phenoxy) is 2. The number of anilines is 3. The van der Waals surface area contributed by atoms with Gasteiger partial charge in [0.05, 0.1) is 31.2 Å². The lowest BCUT2D eigenvalue weighted by Crippen LogP contribution is -2.32. The van der Waals surface area contributed by atoms with E-state index in [1.807, 2.05) is 0 Å². The number of hydrogen-bond donors (Lipinski definition) is 2. The molecule has 0 fully saturated rings. The number of nitrogens with zero attached hydrogens (tertiary/aromatic N) is 1. The Labute approximate surface area is 211 Å². The number of carbonyl (C=O) groups is 4. The first kappa shape index (κ1) is 24.5. The van der Waals surface area contributed by atoms with Crippen molar-refractivity contribution >= 4 is 52.4 Å². The van der Waals surface area contributed by atoms with Crippen LogP contribution in [0.1, 0.15) is 20.7 Å². The third-order valence-electron chi connectivity index (χ3n) is 5.30. The van der Waals surface area contributed by atoms with E-state index in [1.165, 1.54) is 44.6 Å². The van der Waals surface area contributed by atoms with Crippen molar-refractivity contribution in [2.45, 2.75) is 0 Å². The Bertz CT molecular complexity index is 1420. The molecule has 0 bridgehead atoms. The SMILES string of the molecule is COC(=O)c1cccc(N2C(=O)C(Cl)=C(Nc3cccc(C(=O)Nc4ccccc4OC)c3)C2=O)c1. The predicted octanol–water partition coefficient (Wildman–Crippen LogP) is 4.17. The summed E-state index contributed by atoms with van der Waals surface area (Å²) in [5, 5.41) is 5.29. The van der Waals surface area contributed by atoms with Gasteiger partial charge in [-0.05, 0) is 48.5 Å². The highest BCUT2D eigenvalue weighted by Gasteiger charge is 2.39. The van der Waals surface area contributed by atoms with Gasteiger partial charge in [-0.3, -0.25) is 14.4 Å². The van der Waals surface area contributed by atoms with Gasteiger partial charge in [0, 0.05) is 11.3 Å². The minimum Gasteiger partial charge on any atom is -0.495 e. The summed E-state index contributed by atoms with van der Waals surface area (Å²) in [5.74, 6) is -1.98. The van der Waals surface area contributed by atoms with E-state index in [-0.39, 0.29) is 22.0 Å². The Balaban J connectivity index is 1.55. The summed E-state index contributed by atoms with van der Waals surface area (Å²) >= 11 is 6.21. The molecule has 0 saturated carbocycles. The number of halogens is 1. The quantitative estimate of drug-likeness (QED) is 0.366. The standard InChI is InChI=1S/C26H20ClN3O6/c1-35-20-12-4-3-11-19(20)29-23(31)15-7-5-9-17(13-15)28-22-21(27)24(32)30(25(22)33)18-10-6-8-16(14-18)26(34)36-2/h3-14,28H,1-2H3,(H,29,31). The lowest BCUT2D eigenvalue weighted by atomic mass is 10.1. The molecule has 0 aliphatic carbocycles. The monoisotopic (exact) mass is 505 g/mol. The van der Waals surface area contributed by atoms with Crippen molar-refractivity contribution in [2.24, 2.45) is 0 Å². The number of nitrogens with one attached hydrogen (secondary N) is 2. The molecule has 1 aliphatic rings. The molecule has 0 unspecified atom stereocenters. The van der Waals surface area contributed by atoms with Gasteiger partial charge in [-0.2, -0.15) is 0 Å². The molecule has 182 valence electrons. The predicted molar refractivity (Wildman–Crippen MR) is 134 cm³/mol. The molecule has 0 spiro atoms. The molecular weight excluding hydrogens is 486 g/mol. The van der Waals surface area contributed by atoms with Crippen molar-refractivity contribution in [1.29, 1.82) is 0 Å². The molecule has 3 amide bonds. The molecule has 36 heavy (non-hydrogen) atoms. The summed E-state index contributed by atoms with van der Waals surface area (Å²) in [6.45, 7) is 0. The zero-order valence-electron chi connectivity index (χ0n) is 19.2. The van der Waals surface area contributed by atoms with Gasteiger partial charge in [0.2, 0.25) is 0 Å². The summed E-state index contributed by atoms with van der Waals surface area (Å²) in [6.07, 6.45) is 0. The Kier molecular flexibility index (Phi) is 7.03. The van der Waals surface area contributed by atoms with E-state index < -0.39 is 23.7 Å². The molecule has 2 N–H and O–H groups in total. The van der Waals surface area contributed by atoms with Crippen LogP contribution < -0.4 is 20.3 Å². The summed E-state index contributed by atoms with van der Waals surface area (Å²) in [6, 6.07) is 19.2. The number of para-hydroxylation sites is 2. The molecule has 9 nitrogen and oxygen atoms in total. The highest BCUT2D eigenvalue weighted by atomic mass is 35.5. The zero-order valence-corrected chi connectivity index (χ0v) is 20.0. The first-order valence-electron chi connectivity index (χ1n) is 10.6. The molecule has 1 aliphatic heterocycles. The number of rotatable bonds is 7. The van der Waals surface area contributed by atoms with Crippen LogP contribution in [0.15, 0.2) is 83.5 Å². The van der Waals surface area contributed by atoms with Crippen LogP contribution in [0.4, 0.5) is 17.1 Å². The first-order valence-corrected chi connectivity index (χ1v) is 11.0. The van der Waals surface area contributed by atoms with Gasteiger partial charge in [0.1, 0.15) is 16.5 Å². The largest absolute Gasteiger partial charge is 0.495 e. The molecule has 0 radical (unpaired) electrons. The minimum atomic E-state index is -0.753. The zero-order chi connectivity index (χ0) is 25.8. The molecule has 4 rings (SSSR count). The van der Waals surface area contributed by atoms with Crippen molar-refractivity contribution in [3.8, 4) is 5.75 Å². The average Bonchev–Trinajstić information content (AvgIpc) is 3.11. The summed E-state index contributed by atoms with van der Waals surface area (Å²) in [4.78, 5) is 51.4. The van der Waals surface area contributed by atoms with E-state index >= 15 is 0 Å². The number of methoxy groups -OCH3 is 2. The van der Waals surface area contributed by atoms with Crippen molar-refractivity contribution < 1.29 is 28.7 Å². The van der Waals surface area contributed by atoms with E-state index in [9.17, 15) is 19.2 Å². The topological polar surface area (TPSA) is 114 Å². The Morgan fingerprint density at radius 3 is 2.33 bits per heavy atom. The summed E-state index contributed by atoms with van der Waals surface area (Å²) in [5.41, 5.74) is 1.32. The van der Waals surface area contributed by atoms with Gasteiger partial charge >= 0.3 is 5.97 Å². The highest BCUT2D eigenvalue weighted by Crippen LogP contribution is 2.31. The van der Waals surface area contributed by atoms with Gasteiger partial charge in [-0.15, -0.1) is 0 Å². The van der Waals surface area contributed by atoms with E-state index in [1.54, 1.807) is 42.5 Å². The maximum atomic E-state index is 13.1. The van der Waals surface area contributed by atoms with Gasteiger partial charge in [0.25, 0.3) is 17.7 Å². The second kappa shape index (κ2) is 10.3. The molecule has 0 aromatic heterocycles. The van der Waals surface area contributed by atoms with E-state index in [4.69, 9.17) is 21.1 Å². The number of carbonyl (C=O) groups excluding carboxylic acids is 4. The molecule has 1 heterocycles. The van der Waals surface area contributed by atoms with E-state index in [2.05, 4.69) is 10.6 Å². The third kappa shape index (κ3) is 4.77. The second-order valence-electron chi connectivity index (χ2n) is 7.54. The molecule has 3 aromatic carbocycles. The normalized spacial score (nSPS) is 13.0. The molecule has 0 atom stereocenters. The Morgan fingerprint density at radius 2 is 1.58 bits per heavy atom. The first-order chi connectivity index (χ1) is 17.3. The fraction of sp³-hybridized carbons (Fsp3) is 0.0769. The molecule has 0 saturated heterocycles. The van der Waals surface area contributed by atoms with Crippen LogP contribution in [0.5, 0.6) is 5.75 Å². The number of hydrogen-bond acceptors (Lipinski definition) is 7. The average molecular weight is 506 g/mol. The van der Waals surface area contributed by atoms with Crippen LogP contribution in [0, 0.1) is 0 Å². The van der Waals surface area contributed by atoms with Crippen molar-refractivity contribution in [3.63, 3.8) is 0 Å². The van der Waals surface area contributed by atoms with Crippen LogP contribution in [0.25, 0.3) is 0 Å². The number of amides is 3. The van der Waals surface area contributed by atoms with Crippen LogP contribution in [0.2, 0.25) is 0 Å². The lowest BCUT2D eigenvalue weighted by Gasteiger charge is -2.16. The second-order valence-corrected chi connectivity index (χ2v) is 7.91. The van der Waals surface area contributed by atoms with E-state index in [0.29, 0.717) is 22.7 Å². The minimum absolute atomic E-state index is 0.160. The van der Waals surface area contributed by atoms with Gasteiger partial charge in [-0.25, -0.2) is 9.69 Å². The number of imide groups is 1. The maximum Gasteiger partial charge on any atom is 0.337 e. The summed E-state index contributed by atoms with van der Waals surface area (Å²) in [7, 11) is 2.73. The Hall–Kier alpha value is -4.63. The van der Waals surface area contributed by atoms with Crippen LogP contribution >= 0.6 is 11.6 Å². The van der Waals surface area contributed by atoms with E-state index in [0.717, 1.165) is 4.90 Å². The fourth-order valence-electron chi connectivity index (χ4n) is 3.56. The number of benzene rings is 3. The summed E-state index contributed by atoms with van der Waals surface area (Å²) < 4.78 is 9.95. The van der Waals surface area contributed by atoms with Crippen LogP contribution in [-0.4, -0.2) is 37.9 Å². The van der Waals surface area contributed by atoms with Gasteiger partial charge in [-0.1, -0.05) is 35.9 Å². The smallest absolute Gasteiger partial charge is 0.337 e. The van der Waals surface area contributed by atoms with Crippen molar-refractivity contribution in [1.82, 2.24) is 0 Å². The highest BCUT2D eigenvalue weighted by molar-refractivity contribution is 6.53. The maximum absolute atomic E-state index is 13.1. The molecular formula is C26H20ClN3O6. The molecule has 3 aromatic rings. The lowest BCUT2D eigenvalue weighted by molar-refractivity contribution is -0.120. The third-order valence-corrected chi connectivity index (χ3v) is 5.65. The number of esters is 1. The molecule has 10 heteroatoms. The van der Waals surface area contributed by atoms with Crippen molar-refractivity contribution in [3.05, 3.63) is 94.7 Å². The van der Waals surface area contributed by atoms with Crippen LogP contribution in [0.3, 0.4) is 0 Å². The van der Waals surface area contributed by atoms with Crippen molar-refractivity contribution in [2.75, 3.05) is 29.8 Å². The Morgan fingerprint density at radius 1 is 0.861 bits per heavy atom. The van der Waals surface area contributed by atoms with Crippen LogP contribution in [-0.2, 0) is 14.3 Å². The van der Waals surface area contributed by atoms with Gasteiger partial charge in [0.15, 0.2) is 0 Å². The fourth-order valence-corrected chi connectivity index (χ4v) is 3.77. The van der Waals surface area contributed by atoms with Gasteiger partial charge < -0.3 is 20.1 Å².